The zero-order valence-corrected chi connectivity index (χ0v) is 10.8. The van der Waals surface area contributed by atoms with Crippen molar-refractivity contribution in [3.05, 3.63) is 29.8 Å². The molecule has 0 bridgehead atoms. The van der Waals surface area contributed by atoms with Gasteiger partial charge in [-0.3, -0.25) is 4.79 Å². The molecule has 3 amide bonds. The van der Waals surface area contributed by atoms with Gasteiger partial charge >= 0.3 is 12.0 Å². The molecule has 1 aliphatic rings. The molecular formula is C13H15N3O4. The van der Waals surface area contributed by atoms with Gasteiger partial charge in [-0.2, -0.15) is 0 Å². The Kier molecular flexibility index (Phi) is 4.19. The zero-order valence-electron chi connectivity index (χ0n) is 10.8. The van der Waals surface area contributed by atoms with Gasteiger partial charge in [-0.05, 0) is 12.1 Å². The Balaban J connectivity index is 2.08. The van der Waals surface area contributed by atoms with Crippen LogP contribution in [0.25, 0.3) is 0 Å². The van der Waals surface area contributed by atoms with Crippen molar-refractivity contribution >= 4 is 23.6 Å². The van der Waals surface area contributed by atoms with Crippen LogP contribution in [0.1, 0.15) is 16.8 Å². The third-order valence-electron chi connectivity index (χ3n) is 3.00. The monoisotopic (exact) mass is 277 g/mol. The summed E-state index contributed by atoms with van der Waals surface area (Å²) in [6.07, 6.45) is 0.244. The number of benzene rings is 1. The molecule has 0 spiro atoms. The van der Waals surface area contributed by atoms with Crippen molar-refractivity contribution in [3.8, 4) is 0 Å². The highest BCUT2D eigenvalue weighted by molar-refractivity contribution is 6.00. The Morgan fingerprint density at radius 3 is 2.75 bits per heavy atom. The summed E-state index contributed by atoms with van der Waals surface area (Å²) in [6.45, 7) is 1.10. The van der Waals surface area contributed by atoms with Gasteiger partial charge < -0.3 is 20.6 Å². The average Bonchev–Trinajstić information content (AvgIpc) is 2.64. The van der Waals surface area contributed by atoms with Crippen molar-refractivity contribution in [2.24, 2.45) is 0 Å². The van der Waals surface area contributed by atoms with Crippen LogP contribution in [0.3, 0.4) is 0 Å². The number of nitrogens with one attached hydrogen (secondary N) is 2. The number of para-hydroxylation sites is 1. The van der Waals surface area contributed by atoms with Crippen LogP contribution in [-0.2, 0) is 4.79 Å². The van der Waals surface area contributed by atoms with E-state index in [2.05, 4.69) is 10.6 Å². The molecule has 7 heteroatoms. The topological polar surface area (TPSA) is 98.7 Å². The minimum Gasteiger partial charge on any atom is -0.478 e. The van der Waals surface area contributed by atoms with E-state index < -0.39 is 12.0 Å². The van der Waals surface area contributed by atoms with Crippen LogP contribution in [0.4, 0.5) is 10.5 Å². The first-order valence-corrected chi connectivity index (χ1v) is 6.23. The van der Waals surface area contributed by atoms with E-state index in [0.29, 0.717) is 19.6 Å². The van der Waals surface area contributed by atoms with Gasteiger partial charge in [0.2, 0.25) is 5.91 Å². The Morgan fingerprint density at radius 2 is 2.00 bits per heavy atom. The summed E-state index contributed by atoms with van der Waals surface area (Å²) < 4.78 is 0. The number of carbonyl (C=O) groups is 3. The van der Waals surface area contributed by atoms with Gasteiger partial charge in [0.05, 0.1) is 11.3 Å². The summed E-state index contributed by atoms with van der Waals surface area (Å²) in [6, 6.07) is 5.78. The van der Waals surface area contributed by atoms with Gasteiger partial charge in [-0.15, -0.1) is 0 Å². The SMILES string of the molecule is O=C1CCN(C(=O)Nc2ccccc2C(=O)O)CCN1. The first-order valence-electron chi connectivity index (χ1n) is 6.23. The molecule has 1 aliphatic heterocycles. The minimum absolute atomic E-state index is 0.0323. The van der Waals surface area contributed by atoms with Crippen LogP contribution in [-0.4, -0.2) is 47.5 Å². The van der Waals surface area contributed by atoms with Crippen LogP contribution >= 0.6 is 0 Å². The number of urea groups is 1. The zero-order chi connectivity index (χ0) is 14.5. The van der Waals surface area contributed by atoms with Crippen molar-refractivity contribution in [1.82, 2.24) is 10.2 Å². The average molecular weight is 277 g/mol. The molecule has 0 aromatic heterocycles. The van der Waals surface area contributed by atoms with Gasteiger partial charge in [0.25, 0.3) is 0 Å². The molecule has 7 nitrogen and oxygen atoms in total. The molecule has 2 rings (SSSR count). The van der Waals surface area contributed by atoms with Crippen LogP contribution in [0.2, 0.25) is 0 Å². The number of amides is 3. The second kappa shape index (κ2) is 6.05. The molecule has 3 N–H and O–H groups in total. The lowest BCUT2D eigenvalue weighted by Crippen LogP contribution is -2.37. The van der Waals surface area contributed by atoms with E-state index in [-0.39, 0.29) is 23.6 Å². The molecule has 1 saturated heterocycles. The summed E-state index contributed by atoms with van der Waals surface area (Å²) in [5.74, 6) is -1.19. The highest BCUT2D eigenvalue weighted by Gasteiger charge is 2.20. The molecule has 0 aliphatic carbocycles. The summed E-state index contributed by atoms with van der Waals surface area (Å²) >= 11 is 0. The predicted molar refractivity (Wildman–Crippen MR) is 71.6 cm³/mol. The minimum atomic E-state index is -1.10. The highest BCUT2D eigenvalue weighted by Crippen LogP contribution is 2.15. The number of rotatable bonds is 2. The van der Waals surface area contributed by atoms with Gasteiger partial charge in [0.1, 0.15) is 0 Å². The molecule has 1 fully saturated rings. The first kappa shape index (κ1) is 13.9. The quantitative estimate of drug-likeness (QED) is 0.742. The van der Waals surface area contributed by atoms with Gasteiger partial charge in [0, 0.05) is 26.1 Å². The molecular weight excluding hydrogens is 262 g/mol. The Bertz CT molecular complexity index is 544. The van der Waals surface area contributed by atoms with Crippen LogP contribution in [0, 0.1) is 0 Å². The largest absolute Gasteiger partial charge is 0.478 e. The summed E-state index contributed by atoms with van der Waals surface area (Å²) in [4.78, 5) is 35.8. The number of hydrogen-bond donors (Lipinski definition) is 3. The lowest BCUT2D eigenvalue weighted by atomic mass is 10.2. The van der Waals surface area contributed by atoms with E-state index in [4.69, 9.17) is 5.11 Å². The molecule has 0 unspecified atom stereocenters. The molecule has 0 radical (unpaired) electrons. The Morgan fingerprint density at radius 1 is 1.25 bits per heavy atom. The number of anilines is 1. The number of carboxylic acid groups (broad SMARTS) is 1. The van der Waals surface area contributed by atoms with Crippen molar-refractivity contribution in [3.63, 3.8) is 0 Å². The number of aromatic carboxylic acids is 1. The number of carbonyl (C=O) groups excluding carboxylic acids is 2. The van der Waals surface area contributed by atoms with Gasteiger partial charge in [-0.1, -0.05) is 12.1 Å². The van der Waals surface area contributed by atoms with E-state index in [0.717, 1.165) is 0 Å². The maximum absolute atomic E-state index is 12.1. The van der Waals surface area contributed by atoms with Crippen LogP contribution in [0.5, 0.6) is 0 Å². The van der Waals surface area contributed by atoms with E-state index >= 15 is 0 Å². The standard InChI is InChI=1S/C13H15N3O4/c17-11-5-7-16(8-6-14-11)13(20)15-10-4-2-1-3-9(10)12(18)19/h1-4H,5-8H2,(H,14,17)(H,15,20)(H,18,19). The molecule has 20 heavy (non-hydrogen) atoms. The van der Waals surface area contributed by atoms with Crippen LogP contribution in [0.15, 0.2) is 24.3 Å². The van der Waals surface area contributed by atoms with Gasteiger partial charge in [-0.25, -0.2) is 9.59 Å². The maximum Gasteiger partial charge on any atom is 0.337 e. The fourth-order valence-electron chi connectivity index (χ4n) is 1.94. The molecule has 1 heterocycles. The first-order chi connectivity index (χ1) is 9.58. The molecule has 0 saturated carbocycles. The van der Waals surface area contributed by atoms with E-state index in [1.54, 1.807) is 12.1 Å². The Hall–Kier alpha value is -2.57. The number of carboxylic acids is 1. The summed E-state index contributed by atoms with van der Waals surface area (Å²) in [5, 5.41) is 14.3. The van der Waals surface area contributed by atoms with E-state index in [9.17, 15) is 14.4 Å². The summed E-state index contributed by atoms with van der Waals surface area (Å²) in [7, 11) is 0. The van der Waals surface area contributed by atoms with E-state index in [1.165, 1.54) is 17.0 Å². The van der Waals surface area contributed by atoms with Crippen molar-refractivity contribution in [1.29, 1.82) is 0 Å². The lowest BCUT2D eigenvalue weighted by Gasteiger charge is -2.20. The fourth-order valence-corrected chi connectivity index (χ4v) is 1.94. The second-order valence-electron chi connectivity index (χ2n) is 4.37. The molecule has 1 aromatic carbocycles. The van der Waals surface area contributed by atoms with Crippen molar-refractivity contribution in [2.45, 2.75) is 6.42 Å². The second-order valence-corrected chi connectivity index (χ2v) is 4.37. The number of hydrogen-bond acceptors (Lipinski definition) is 3. The fraction of sp³-hybridized carbons (Fsp3) is 0.308. The third-order valence-corrected chi connectivity index (χ3v) is 3.00. The maximum atomic E-state index is 12.1. The van der Waals surface area contributed by atoms with Gasteiger partial charge in [0.15, 0.2) is 0 Å². The molecule has 1 aromatic rings. The Labute approximate surface area is 115 Å². The normalized spacial score (nSPS) is 15.2. The lowest BCUT2D eigenvalue weighted by molar-refractivity contribution is -0.120. The predicted octanol–water partition coefficient (Wildman–Crippen LogP) is 0.739. The number of nitrogens with zero attached hydrogens (tertiary/aromatic N) is 1. The van der Waals surface area contributed by atoms with Crippen molar-refractivity contribution < 1.29 is 19.5 Å². The summed E-state index contributed by atoms with van der Waals surface area (Å²) in [5.41, 5.74) is 0.276. The van der Waals surface area contributed by atoms with Crippen molar-refractivity contribution in [2.75, 3.05) is 25.0 Å². The molecule has 106 valence electrons. The third kappa shape index (κ3) is 3.25. The smallest absolute Gasteiger partial charge is 0.337 e. The highest BCUT2D eigenvalue weighted by atomic mass is 16.4. The molecule has 0 atom stereocenters. The van der Waals surface area contributed by atoms with E-state index in [1.807, 2.05) is 0 Å². The van der Waals surface area contributed by atoms with Crippen LogP contribution < -0.4 is 10.6 Å².